The van der Waals surface area contributed by atoms with E-state index in [1.54, 1.807) is 25.6 Å². The largest absolute Gasteiger partial charge is 0.501 e. The summed E-state index contributed by atoms with van der Waals surface area (Å²) in [4.78, 5) is 9.41. The molecule has 0 aromatic carbocycles. The van der Waals surface area contributed by atoms with Gasteiger partial charge in [-0.05, 0) is 26.0 Å². The smallest absolute Gasteiger partial charge is 0.183 e. The number of anilines is 1. The first kappa shape index (κ1) is 19.2. The van der Waals surface area contributed by atoms with Crippen molar-refractivity contribution in [3.05, 3.63) is 46.9 Å². The van der Waals surface area contributed by atoms with Crippen LogP contribution in [0.3, 0.4) is 0 Å². The van der Waals surface area contributed by atoms with Crippen molar-refractivity contribution in [1.82, 2.24) is 4.98 Å². The number of nitrogens with zero attached hydrogens (tertiary/aromatic N) is 2. The molecule has 0 aliphatic carbocycles. The van der Waals surface area contributed by atoms with E-state index < -0.39 is 0 Å². The molecule has 1 aliphatic rings. The number of allylic oxidation sites excluding steroid dienone is 3. The number of hydrogen-bond donors (Lipinski definition) is 1. The number of aromatic nitrogens is 1. The number of rotatable bonds is 5. The molecular formula is C19H27N3O2S. The number of nitrogens with one attached hydrogen (secondary N) is 1. The zero-order valence-corrected chi connectivity index (χ0v) is 16.2. The van der Waals surface area contributed by atoms with Crippen LogP contribution in [0.15, 0.2) is 46.2 Å². The summed E-state index contributed by atoms with van der Waals surface area (Å²) in [5.41, 5.74) is 1.87. The van der Waals surface area contributed by atoms with Gasteiger partial charge in [0.05, 0.1) is 43.7 Å². The lowest BCUT2D eigenvalue weighted by molar-refractivity contribution is 0.281. The molecule has 6 heteroatoms. The van der Waals surface area contributed by atoms with Gasteiger partial charge in [-0.2, -0.15) is 0 Å². The second-order valence-electron chi connectivity index (χ2n) is 5.96. The molecule has 0 spiro atoms. The van der Waals surface area contributed by atoms with E-state index in [1.165, 1.54) is 0 Å². The summed E-state index contributed by atoms with van der Waals surface area (Å²) in [6, 6.07) is 0.358. The summed E-state index contributed by atoms with van der Waals surface area (Å²) >= 11 is 1.61. The Bertz CT molecular complexity index is 672. The fourth-order valence-electron chi connectivity index (χ4n) is 2.34. The monoisotopic (exact) mass is 361 g/mol. The van der Waals surface area contributed by atoms with Crippen molar-refractivity contribution in [2.24, 2.45) is 4.99 Å². The number of methoxy groups -OCH3 is 2. The first-order valence-corrected chi connectivity index (χ1v) is 9.37. The van der Waals surface area contributed by atoms with Crippen molar-refractivity contribution < 1.29 is 9.47 Å². The Balaban J connectivity index is 2.26. The van der Waals surface area contributed by atoms with Crippen molar-refractivity contribution in [3.63, 3.8) is 0 Å². The molecule has 0 atom stereocenters. The summed E-state index contributed by atoms with van der Waals surface area (Å²) in [5, 5.41) is 6.31. The molecule has 5 nitrogen and oxygen atoms in total. The lowest BCUT2D eigenvalue weighted by Gasteiger charge is -2.08. The van der Waals surface area contributed by atoms with Crippen LogP contribution in [0, 0.1) is 0 Å². The van der Waals surface area contributed by atoms with Crippen LogP contribution < -0.4 is 5.32 Å². The van der Waals surface area contributed by atoms with E-state index in [1.807, 2.05) is 6.08 Å². The summed E-state index contributed by atoms with van der Waals surface area (Å²) in [6.07, 6.45) is 10.5. The van der Waals surface area contributed by atoms with Gasteiger partial charge in [0.1, 0.15) is 0 Å². The van der Waals surface area contributed by atoms with E-state index in [9.17, 15) is 0 Å². The van der Waals surface area contributed by atoms with Crippen LogP contribution in [0.5, 0.6) is 0 Å². The maximum Gasteiger partial charge on any atom is 0.183 e. The van der Waals surface area contributed by atoms with E-state index in [-0.39, 0.29) is 0 Å². The Kier molecular flexibility index (Phi) is 7.73. The summed E-state index contributed by atoms with van der Waals surface area (Å²) in [5.74, 6) is 1.85. The molecule has 0 amide bonds. The average molecular weight is 362 g/mol. The van der Waals surface area contributed by atoms with Crippen molar-refractivity contribution >= 4 is 22.2 Å². The zero-order chi connectivity index (χ0) is 18.1. The molecule has 1 N–H and O–H groups in total. The molecule has 0 fully saturated rings. The summed E-state index contributed by atoms with van der Waals surface area (Å²) < 4.78 is 10.9. The molecule has 25 heavy (non-hydrogen) atoms. The number of thiazole rings is 1. The van der Waals surface area contributed by atoms with E-state index >= 15 is 0 Å². The van der Waals surface area contributed by atoms with Crippen LogP contribution in [0.2, 0.25) is 0 Å². The van der Waals surface area contributed by atoms with Gasteiger partial charge in [0.15, 0.2) is 5.13 Å². The van der Waals surface area contributed by atoms with Gasteiger partial charge < -0.3 is 14.8 Å². The van der Waals surface area contributed by atoms with Gasteiger partial charge in [0.2, 0.25) is 0 Å². The molecule has 0 saturated carbocycles. The molecule has 0 unspecified atom stereocenters. The lowest BCUT2D eigenvalue weighted by atomic mass is 10.1. The van der Waals surface area contributed by atoms with E-state index in [4.69, 9.17) is 14.5 Å². The number of ether oxygens (including phenoxy) is 2. The van der Waals surface area contributed by atoms with Gasteiger partial charge in [-0.25, -0.2) is 4.98 Å². The first-order valence-electron chi connectivity index (χ1n) is 8.49. The number of aliphatic imine (C=N–C) groups is 1. The molecule has 1 aliphatic heterocycles. The van der Waals surface area contributed by atoms with E-state index in [0.717, 1.165) is 40.9 Å². The highest BCUT2D eigenvalue weighted by Gasteiger charge is 2.10. The maximum atomic E-state index is 5.47. The van der Waals surface area contributed by atoms with Crippen LogP contribution in [-0.4, -0.2) is 37.5 Å². The predicted octanol–water partition coefficient (Wildman–Crippen LogP) is 4.55. The normalized spacial score (nSPS) is 21.7. The summed E-state index contributed by atoms with van der Waals surface area (Å²) in [7, 11) is 3.40. The van der Waals surface area contributed by atoms with Gasteiger partial charge in [-0.3, -0.25) is 4.99 Å². The van der Waals surface area contributed by atoms with Gasteiger partial charge in [-0.1, -0.05) is 12.2 Å². The van der Waals surface area contributed by atoms with Crippen LogP contribution >= 0.6 is 11.3 Å². The Morgan fingerprint density at radius 2 is 1.72 bits per heavy atom. The number of hydrogen-bond acceptors (Lipinski definition) is 6. The Morgan fingerprint density at radius 3 is 2.36 bits per heavy atom. The summed E-state index contributed by atoms with van der Waals surface area (Å²) in [6.45, 7) is 4.78. The minimum atomic E-state index is 0.358. The van der Waals surface area contributed by atoms with Crippen molar-refractivity contribution in [2.45, 2.75) is 39.2 Å². The molecule has 1 aromatic heterocycles. The Morgan fingerprint density at radius 1 is 1.04 bits per heavy atom. The SMILES string of the molecule is CO/C1=C/CN=C(c2csc(NC(C)C)n2)C/C=C(/OC)C/C=C\C1. The highest BCUT2D eigenvalue weighted by atomic mass is 32.1. The van der Waals surface area contributed by atoms with Crippen molar-refractivity contribution in [2.75, 3.05) is 26.1 Å². The maximum absolute atomic E-state index is 5.47. The average Bonchev–Trinajstić information content (AvgIpc) is 3.03. The van der Waals surface area contributed by atoms with Crippen molar-refractivity contribution in [1.29, 1.82) is 0 Å². The van der Waals surface area contributed by atoms with E-state index in [0.29, 0.717) is 19.0 Å². The van der Waals surface area contributed by atoms with E-state index in [2.05, 4.69) is 47.8 Å². The topological polar surface area (TPSA) is 55.7 Å². The Labute approximate surface area is 154 Å². The zero-order valence-electron chi connectivity index (χ0n) is 15.4. The lowest BCUT2D eigenvalue weighted by Crippen LogP contribution is -2.10. The molecular weight excluding hydrogens is 334 g/mol. The van der Waals surface area contributed by atoms with Crippen LogP contribution in [0.1, 0.15) is 38.8 Å². The highest BCUT2D eigenvalue weighted by molar-refractivity contribution is 7.13. The molecule has 0 radical (unpaired) electrons. The van der Waals surface area contributed by atoms with Crippen LogP contribution in [0.4, 0.5) is 5.13 Å². The third-order valence-electron chi connectivity index (χ3n) is 3.67. The van der Waals surface area contributed by atoms with Crippen molar-refractivity contribution in [3.8, 4) is 0 Å². The first-order chi connectivity index (χ1) is 12.1. The second-order valence-corrected chi connectivity index (χ2v) is 6.82. The molecule has 0 saturated heterocycles. The highest BCUT2D eigenvalue weighted by Crippen LogP contribution is 2.19. The Hall–Kier alpha value is -2.08. The fourth-order valence-corrected chi connectivity index (χ4v) is 3.20. The molecule has 0 bridgehead atoms. The third-order valence-corrected chi connectivity index (χ3v) is 4.44. The third kappa shape index (κ3) is 6.38. The molecule has 136 valence electrons. The van der Waals surface area contributed by atoms with Gasteiger partial charge in [0.25, 0.3) is 0 Å². The standard InChI is InChI=1S/C19H27N3O2S/c1-14(2)21-19-22-18(13-25-19)17-10-9-15(23-3)7-5-6-8-16(24-4)11-12-20-17/h5-6,9,11,13-14H,7-8,10,12H2,1-4H3,(H,21,22)/b6-5-,15-9+,16-11+,20-17?. The van der Waals surface area contributed by atoms with Gasteiger partial charge in [0, 0.05) is 30.7 Å². The molecule has 1 aromatic rings. The minimum Gasteiger partial charge on any atom is -0.501 e. The quantitative estimate of drug-likeness (QED) is 0.782. The van der Waals surface area contributed by atoms with Gasteiger partial charge >= 0.3 is 0 Å². The fraction of sp³-hybridized carbons (Fsp3) is 0.474. The predicted molar refractivity (Wildman–Crippen MR) is 105 cm³/mol. The van der Waals surface area contributed by atoms with Gasteiger partial charge in [-0.15, -0.1) is 11.3 Å². The van der Waals surface area contributed by atoms with Crippen LogP contribution in [0.25, 0.3) is 0 Å². The molecule has 2 heterocycles. The second kappa shape index (κ2) is 10.0. The van der Waals surface area contributed by atoms with Crippen LogP contribution in [-0.2, 0) is 9.47 Å². The molecule has 2 rings (SSSR count). The minimum absolute atomic E-state index is 0.358.